The number of hydrogen-bond acceptors (Lipinski definition) is 4. The van der Waals surface area contributed by atoms with Gasteiger partial charge < -0.3 is 15.3 Å². The van der Waals surface area contributed by atoms with E-state index >= 15 is 0 Å². The van der Waals surface area contributed by atoms with Gasteiger partial charge in [-0.1, -0.05) is 12.8 Å². The number of benzene rings is 1. The Morgan fingerprint density at radius 2 is 1.87 bits per heavy atom. The van der Waals surface area contributed by atoms with Crippen molar-refractivity contribution in [2.24, 2.45) is 5.92 Å². The van der Waals surface area contributed by atoms with E-state index in [4.69, 9.17) is 0 Å². The molecule has 1 saturated carbocycles. The zero-order chi connectivity index (χ0) is 22.3. The maximum Gasteiger partial charge on any atom is 0.329 e. The Morgan fingerprint density at radius 1 is 1.16 bits per heavy atom. The molecule has 1 aromatic rings. The summed E-state index contributed by atoms with van der Waals surface area (Å²) in [5.74, 6) is -5.60. The second kappa shape index (κ2) is 8.14. The Kier molecular flexibility index (Phi) is 5.67. The van der Waals surface area contributed by atoms with Crippen molar-refractivity contribution in [2.75, 3.05) is 18.0 Å². The normalized spacial score (nSPS) is 28.5. The monoisotopic (exact) mass is 439 g/mol. The number of anilines is 1. The molecule has 2 N–H and O–H groups in total. The molecule has 4 rings (SSSR count). The number of urea groups is 1. The van der Waals surface area contributed by atoms with Crippen LogP contribution in [0.1, 0.15) is 44.9 Å². The number of carbonyl (C=O) groups excluding carboxylic acids is 3. The van der Waals surface area contributed by atoms with Crippen molar-refractivity contribution in [2.45, 2.75) is 56.6 Å². The summed E-state index contributed by atoms with van der Waals surface area (Å²) in [5.41, 5.74) is -1.12. The van der Waals surface area contributed by atoms with Crippen LogP contribution in [0.5, 0.6) is 0 Å². The van der Waals surface area contributed by atoms with Crippen LogP contribution in [0.3, 0.4) is 0 Å². The van der Waals surface area contributed by atoms with Gasteiger partial charge in [0.05, 0.1) is 11.3 Å². The second-order valence-corrected chi connectivity index (χ2v) is 8.57. The summed E-state index contributed by atoms with van der Waals surface area (Å²) in [7, 11) is 0. The fourth-order valence-corrected chi connectivity index (χ4v) is 4.87. The fourth-order valence-electron chi connectivity index (χ4n) is 4.87. The molecule has 0 spiro atoms. The molecule has 2 saturated heterocycles. The molecule has 3 atom stereocenters. The minimum Gasteiger partial charge on any atom is -0.389 e. The Morgan fingerprint density at radius 3 is 2.58 bits per heavy atom. The molecule has 0 unspecified atom stereocenters. The molecule has 1 aromatic carbocycles. The number of hydrogen-bond donors (Lipinski definition) is 2. The van der Waals surface area contributed by atoms with Crippen LogP contribution in [0.4, 0.5) is 23.7 Å². The second-order valence-electron chi connectivity index (χ2n) is 8.57. The lowest BCUT2D eigenvalue weighted by Crippen LogP contribution is -2.54. The van der Waals surface area contributed by atoms with E-state index in [1.807, 2.05) is 0 Å². The molecule has 0 aromatic heterocycles. The van der Waals surface area contributed by atoms with E-state index in [2.05, 4.69) is 5.32 Å². The molecule has 4 amide bonds. The number of amides is 4. The minimum atomic E-state index is -1.69. The molecule has 2 aliphatic heterocycles. The molecule has 7 nitrogen and oxygen atoms in total. The molecule has 2 heterocycles. The molecule has 168 valence electrons. The standard InChI is InChI=1S/C21H24F3N3O4/c22-14-9-13(10-15(23)18(14)24)27-19(29)16(25-20(27)30)4-5-17(28)26-8-7-21(31)6-2-1-3-12(21)11-26/h9-10,12,16,31H,1-8,11H2,(H,25,30)/t12-,16-,21+/m0/s1. The highest BCUT2D eigenvalue weighted by atomic mass is 19.2. The number of likely N-dealkylation sites (tertiary alicyclic amines) is 1. The average molecular weight is 439 g/mol. The summed E-state index contributed by atoms with van der Waals surface area (Å²) in [6, 6.07) is -0.771. The number of aliphatic hydroxyl groups is 1. The van der Waals surface area contributed by atoms with Gasteiger partial charge in [0, 0.05) is 37.6 Å². The van der Waals surface area contributed by atoms with Crippen LogP contribution in [0.15, 0.2) is 12.1 Å². The lowest BCUT2D eigenvalue weighted by Gasteiger charge is -2.47. The number of halogens is 3. The summed E-state index contributed by atoms with van der Waals surface area (Å²) in [4.78, 5) is 39.7. The highest BCUT2D eigenvalue weighted by molar-refractivity contribution is 6.21. The largest absolute Gasteiger partial charge is 0.389 e. The molecule has 10 heteroatoms. The maximum absolute atomic E-state index is 13.5. The summed E-state index contributed by atoms with van der Waals surface area (Å²) < 4.78 is 40.2. The predicted octanol–water partition coefficient (Wildman–Crippen LogP) is 2.46. The lowest BCUT2D eigenvalue weighted by molar-refractivity contribution is -0.143. The van der Waals surface area contributed by atoms with E-state index in [0.29, 0.717) is 36.5 Å². The van der Waals surface area contributed by atoms with E-state index in [-0.39, 0.29) is 24.7 Å². The van der Waals surface area contributed by atoms with Crippen LogP contribution in [0, 0.1) is 23.4 Å². The number of fused-ring (bicyclic) bond motifs is 1. The van der Waals surface area contributed by atoms with Crippen LogP contribution in [0.2, 0.25) is 0 Å². The molecule has 31 heavy (non-hydrogen) atoms. The molecule has 0 radical (unpaired) electrons. The number of piperidine rings is 1. The third kappa shape index (κ3) is 4.00. The molecule has 3 aliphatic rings. The Bertz CT molecular complexity index is 904. The van der Waals surface area contributed by atoms with Gasteiger partial charge in [-0.2, -0.15) is 0 Å². The average Bonchev–Trinajstić information content (AvgIpc) is 3.02. The van der Waals surface area contributed by atoms with E-state index < -0.39 is 46.7 Å². The van der Waals surface area contributed by atoms with Crippen molar-refractivity contribution >= 4 is 23.5 Å². The van der Waals surface area contributed by atoms with Gasteiger partial charge in [0.2, 0.25) is 5.91 Å². The van der Waals surface area contributed by atoms with Gasteiger partial charge in [0.15, 0.2) is 17.5 Å². The first-order valence-corrected chi connectivity index (χ1v) is 10.5. The van der Waals surface area contributed by atoms with Crippen molar-refractivity contribution in [1.29, 1.82) is 0 Å². The smallest absolute Gasteiger partial charge is 0.329 e. The van der Waals surface area contributed by atoms with Crippen molar-refractivity contribution < 1.29 is 32.7 Å². The van der Waals surface area contributed by atoms with Gasteiger partial charge in [0.25, 0.3) is 5.91 Å². The summed E-state index contributed by atoms with van der Waals surface area (Å²) in [6.45, 7) is 0.914. The number of nitrogens with one attached hydrogen (secondary N) is 1. The SMILES string of the molecule is O=C(CC[C@@H]1NC(=O)N(c2cc(F)c(F)c(F)c2)C1=O)N1CC[C@]2(O)CCCC[C@H]2C1. The lowest BCUT2D eigenvalue weighted by atomic mass is 9.71. The van der Waals surface area contributed by atoms with Gasteiger partial charge >= 0.3 is 6.03 Å². The first kappa shape index (κ1) is 21.6. The summed E-state index contributed by atoms with van der Waals surface area (Å²) in [5, 5.41) is 13.1. The van der Waals surface area contributed by atoms with Gasteiger partial charge in [-0.3, -0.25) is 9.59 Å². The van der Waals surface area contributed by atoms with Crippen molar-refractivity contribution in [1.82, 2.24) is 10.2 Å². The van der Waals surface area contributed by atoms with Gasteiger partial charge in [-0.05, 0) is 25.7 Å². The number of rotatable bonds is 4. The summed E-state index contributed by atoms with van der Waals surface area (Å²) in [6.07, 6.45) is 4.19. The summed E-state index contributed by atoms with van der Waals surface area (Å²) >= 11 is 0. The van der Waals surface area contributed by atoms with E-state index in [9.17, 15) is 32.7 Å². The third-order valence-electron chi connectivity index (χ3n) is 6.67. The van der Waals surface area contributed by atoms with Gasteiger partial charge in [-0.25, -0.2) is 22.9 Å². The fraction of sp³-hybridized carbons (Fsp3) is 0.571. The molecule has 3 fully saturated rings. The van der Waals surface area contributed by atoms with E-state index in [0.717, 1.165) is 25.7 Å². The third-order valence-corrected chi connectivity index (χ3v) is 6.67. The number of imide groups is 1. The van der Waals surface area contributed by atoms with Crippen LogP contribution < -0.4 is 10.2 Å². The number of carbonyl (C=O) groups is 3. The Balaban J connectivity index is 1.37. The quantitative estimate of drug-likeness (QED) is 0.557. The maximum atomic E-state index is 13.5. The zero-order valence-corrected chi connectivity index (χ0v) is 16.9. The molecular formula is C21H24F3N3O4. The van der Waals surface area contributed by atoms with Crippen LogP contribution in [0.25, 0.3) is 0 Å². The molecule has 1 aliphatic carbocycles. The Labute approximate surface area is 177 Å². The topological polar surface area (TPSA) is 90.0 Å². The van der Waals surface area contributed by atoms with Crippen LogP contribution in [-0.2, 0) is 9.59 Å². The van der Waals surface area contributed by atoms with Crippen LogP contribution >= 0.6 is 0 Å². The van der Waals surface area contributed by atoms with Gasteiger partial charge in [-0.15, -0.1) is 0 Å². The highest BCUT2D eigenvalue weighted by Crippen LogP contribution is 2.40. The molecule has 0 bridgehead atoms. The van der Waals surface area contributed by atoms with Crippen molar-refractivity contribution in [3.8, 4) is 0 Å². The molecular weight excluding hydrogens is 415 g/mol. The van der Waals surface area contributed by atoms with Crippen LogP contribution in [-0.4, -0.2) is 52.6 Å². The highest BCUT2D eigenvalue weighted by Gasteiger charge is 2.44. The first-order valence-electron chi connectivity index (χ1n) is 10.5. The predicted molar refractivity (Wildman–Crippen MR) is 103 cm³/mol. The first-order chi connectivity index (χ1) is 14.7. The minimum absolute atomic E-state index is 0.00180. The van der Waals surface area contributed by atoms with Gasteiger partial charge in [0.1, 0.15) is 6.04 Å². The zero-order valence-electron chi connectivity index (χ0n) is 16.9. The van der Waals surface area contributed by atoms with Crippen molar-refractivity contribution in [3.63, 3.8) is 0 Å². The Hall–Kier alpha value is -2.62. The van der Waals surface area contributed by atoms with E-state index in [1.165, 1.54) is 0 Å². The number of nitrogens with zero attached hydrogens (tertiary/aromatic N) is 2. The van der Waals surface area contributed by atoms with E-state index in [1.54, 1.807) is 4.90 Å². The van der Waals surface area contributed by atoms with Crippen molar-refractivity contribution in [3.05, 3.63) is 29.6 Å².